The Kier molecular flexibility index (Phi) is 6.21. The van der Waals surface area contributed by atoms with Crippen LogP contribution in [0, 0.1) is 0 Å². The van der Waals surface area contributed by atoms with Crippen molar-refractivity contribution >= 4 is 29.6 Å². The van der Waals surface area contributed by atoms with E-state index in [1.54, 1.807) is 6.92 Å². The highest BCUT2D eigenvalue weighted by Gasteiger charge is 2.38. The highest BCUT2D eigenvalue weighted by Crippen LogP contribution is 2.50. The van der Waals surface area contributed by atoms with E-state index in [1.807, 2.05) is 103 Å². The van der Waals surface area contributed by atoms with Gasteiger partial charge in [-0.2, -0.15) is 0 Å². The summed E-state index contributed by atoms with van der Waals surface area (Å²) in [6, 6.07) is 28.7. The molecule has 2 nitrogen and oxygen atoms in total. The van der Waals surface area contributed by atoms with E-state index in [4.69, 9.17) is 0 Å². The second-order valence-electron chi connectivity index (χ2n) is 6.50. The molecule has 0 saturated heterocycles. The van der Waals surface area contributed by atoms with Crippen molar-refractivity contribution in [1.82, 2.24) is 0 Å². The third-order valence-corrected chi connectivity index (χ3v) is 8.24. The quantitative estimate of drug-likeness (QED) is 0.542. The Balaban J connectivity index is 2.01. The number of ketones is 1. The second-order valence-corrected chi connectivity index (χ2v) is 9.48. The van der Waals surface area contributed by atoms with E-state index in [2.05, 4.69) is 0 Å². The van der Waals surface area contributed by atoms with Crippen LogP contribution in [0.4, 0.5) is 0 Å². The maximum atomic E-state index is 14.3. The molecule has 0 radical (unpaired) electrons. The van der Waals surface area contributed by atoms with Crippen molar-refractivity contribution in [3.63, 3.8) is 0 Å². The summed E-state index contributed by atoms with van der Waals surface area (Å²) in [5.74, 6) is -0.0521. The smallest absolute Gasteiger partial charge is 0.153 e. The molecular formula is C24H23O2P. The molecule has 0 bridgehead atoms. The van der Waals surface area contributed by atoms with E-state index < -0.39 is 12.8 Å². The van der Waals surface area contributed by atoms with Crippen molar-refractivity contribution in [2.45, 2.75) is 19.0 Å². The van der Waals surface area contributed by atoms with Gasteiger partial charge in [0, 0.05) is 10.6 Å². The first kappa shape index (κ1) is 19.1. The van der Waals surface area contributed by atoms with Crippen LogP contribution in [0.3, 0.4) is 0 Å². The van der Waals surface area contributed by atoms with Gasteiger partial charge >= 0.3 is 0 Å². The molecule has 3 rings (SSSR count). The Labute approximate surface area is 160 Å². The minimum absolute atomic E-state index is 0.0521. The largest absolute Gasteiger partial charge is 0.313 e. The van der Waals surface area contributed by atoms with Gasteiger partial charge in [-0.15, -0.1) is 0 Å². The Morgan fingerprint density at radius 1 is 0.815 bits per heavy atom. The first-order valence-corrected chi connectivity index (χ1v) is 10.8. The van der Waals surface area contributed by atoms with Gasteiger partial charge in [-0.3, -0.25) is 4.79 Å². The lowest BCUT2D eigenvalue weighted by Crippen LogP contribution is -2.30. The molecule has 0 aliphatic rings. The van der Waals surface area contributed by atoms with Crippen molar-refractivity contribution in [3.8, 4) is 0 Å². The molecule has 0 saturated carbocycles. The second kappa shape index (κ2) is 8.79. The van der Waals surface area contributed by atoms with Crippen LogP contribution < -0.4 is 10.6 Å². The highest BCUT2D eigenvalue weighted by atomic mass is 31.2. The predicted molar refractivity (Wildman–Crippen MR) is 114 cm³/mol. The Hall–Kier alpha value is -2.70. The summed E-state index contributed by atoms with van der Waals surface area (Å²) in [4.78, 5) is 12.6. The van der Waals surface area contributed by atoms with Crippen molar-refractivity contribution < 1.29 is 9.36 Å². The molecule has 0 aliphatic carbocycles. The maximum Gasteiger partial charge on any atom is 0.153 e. The minimum atomic E-state index is -3.11. The monoisotopic (exact) mass is 374 g/mol. The number of allylic oxidation sites excluding steroid dienone is 1. The molecule has 136 valence electrons. The summed E-state index contributed by atoms with van der Waals surface area (Å²) >= 11 is 0. The number of Topliss-reactive ketones (excluding diaryl/α,β-unsaturated/α-hetero) is 1. The molecule has 0 aromatic heterocycles. The number of benzene rings is 3. The van der Waals surface area contributed by atoms with Gasteiger partial charge in [0.05, 0.1) is 5.66 Å². The van der Waals surface area contributed by atoms with Gasteiger partial charge < -0.3 is 4.57 Å². The van der Waals surface area contributed by atoms with Crippen LogP contribution in [-0.2, 0) is 9.36 Å². The van der Waals surface area contributed by atoms with Gasteiger partial charge in [-0.25, -0.2) is 0 Å². The number of hydrogen-bond acceptors (Lipinski definition) is 2. The molecular weight excluding hydrogens is 351 g/mol. The highest BCUT2D eigenvalue weighted by molar-refractivity contribution is 7.80. The SMILES string of the molecule is CC(=O)C(C/C=C/c1ccccc1)P(=O)(c1ccccc1)c1ccccc1. The van der Waals surface area contributed by atoms with Crippen LogP contribution in [-0.4, -0.2) is 11.4 Å². The number of carbonyl (C=O) groups is 1. The average Bonchev–Trinajstić information content (AvgIpc) is 2.72. The lowest BCUT2D eigenvalue weighted by atomic mass is 10.1. The summed E-state index contributed by atoms with van der Waals surface area (Å²) in [5.41, 5.74) is 0.483. The van der Waals surface area contributed by atoms with Gasteiger partial charge in [-0.1, -0.05) is 103 Å². The predicted octanol–water partition coefficient (Wildman–Crippen LogP) is 5.06. The van der Waals surface area contributed by atoms with E-state index >= 15 is 0 Å². The third-order valence-electron chi connectivity index (χ3n) is 4.66. The van der Waals surface area contributed by atoms with Crippen molar-refractivity contribution in [2.24, 2.45) is 0 Å². The zero-order valence-electron chi connectivity index (χ0n) is 15.4. The standard InChI is InChI=1S/C24H23O2P/c1-20(25)24(19-11-14-21-12-5-2-6-13-21)27(26,22-15-7-3-8-16-22)23-17-9-4-10-18-23/h2-18,24H,19H2,1H3/b14-11+. The van der Waals surface area contributed by atoms with Gasteiger partial charge in [0.25, 0.3) is 0 Å². The minimum Gasteiger partial charge on any atom is -0.313 e. The topological polar surface area (TPSA) is 34.1 Å². The van der Waals surface area contributed by atoms with Crippen molar-refractivity contribution in [3.05, 3.63) is 103 Å². The normalized spacial score (nSPS) is 12.8. The fourth-order valence-corrected chi connectivity index (χ4v) is 6.45. The molecule has 1 atom stereocenters. The van der Waals surface area contributed by atoms with E-state index in [9.17, 15) is 9.36 Å². The van der Waals surface area contributed by atoms with Crippen LogP contribution in [0.1, 0.15) is 18.9 Å². The fraction of sp³-hybridized carbons (Fsp3) is 0.125. The third kappa shape index (κ3) is 4.35. The zero-order valence-corrected chi connectivity index (χ0v) is 16.3. The summed E-state index contributed by atoms with van der Waals surface area (Å²) in [7, 11) is -3.11. The summed E-state index contributed by atoms with van der Waals surface area (Å²) < 4.78 is 14.3. The fourth-order valence-electron chi connectivity index (χ4n) is 3.28. The molecule has 0 heterocycles. The number of rotatable bonds is 7. The van der Waals surface area contributed by atoms with E-state index in [0.29, 0.717) is 6.42 Å². The van der Waals surface area contributed by atoms with E-state index in [-0.39, 0.29) is 5.78 Å². The van der Waals surface area contributed by atoms with Crippen molar-refractivity contribution in [1.29, 1.82) is 0 Å². The molecule has 3 aromatic rings. The average molecular weight is 374 g/mol. The molecule has 0 aliphatic heterocycles. The molecule has 0 amide bonds. The summed E-state index contributed by atoms with van der Waals surface area (Å²) in [5, 5.41) is 1.45. The molecule has 0 fully saturated rings. The first-order chi connectivity index (χ1) is 13.1. The van der Waals surface area contributed by atoms with Crippen LogP contribution in [0.2, 0.25) is 0 Å². The Morgan fingerprint density at radius 3 is 1.70 bits per heavy atom. The summed E-state index contributed by atoms with van der Waals surface area (Å²) in [6.07, 6.45) is 4.38. The lowest BCUT2D eigenvalue weighted by molar-refractivity contribution is -0.116. The van der Waals surface area contributed by atoms with Crippen LogP contribution >= 0.6 is 7.14 Å². The Bertz CT molecular complexity index is 904. The molecule has 0 N–H and O–H groups in total. The van der Waals surface area contributed by atoms with Crippen LogP contribution in [0.25, 0.3) is 6.08 Å². The Morgan fingerprint density at radius 2 is 1.26 bits per heavy atom. The molecule has 0 spiro atoms. The number of hydrogen-bond donors (Lipinski definition) is 0. The maximum absolute atomic E-state index is 14.3. The van der Waals surface area contributed by atoms with E-state index in [0.717, 1.165) is 16.2 Å². The first-order valence-electron chi connectivity index (χ1n) is 9.05. The zero-order chi connectivity index (χ0) is 19.1. The summed E-state index contributed by atoms with van der Waals surface area (Å²) in [6.45, 7) is 1.54. The lowest BCUT2D eigenvalue weighted by Gasteiger charge is -2.26. The van der Waals surface area contributed by atoms with E-state index in [1.165, 1.54) is 0 Å². The number of carbonyl (C=O) groups excluding carboxylic acids is 1. The molecule has 27 heavy (non-hydrogen) atoms. The van der Waals surface area contributed by atoms with Gasteiger partial charge in [0.15, 0.2) is 7.14 Å². The van der Waals surface area contributed by atoms with Gasteiger partial charge in [0.2, 0.25) is 0 Å². The van der Waals surface area contributed by atoms with Crippen LogP contribution in [0.5, 0.6) is 0 Å². The molecule has 3 heteroatoms. The van der Waals surface area contributed by atoms with Crippen molar-refractivity contribution in [2.75, 3.05) is 0 Å². The van der Waals surface area contributed by atoms with Gasteiger partial charge in [0.1, 0.15) is 5.78 Å². The molecule has 1 unspecified atom stereocenters. The van der Waals surface area contributed by atoms with Gasteiger partial charge in [-0.05, 0) is 18.9 Å². The molecule has 3 aromatic carbocycles. The van der Waals surface area contributed by atoms with Crippen LogP contribution in [0.15, 0.2) is 97.1 Å².